The first-order valence-corrected chi connectivity index (χ1v) is 9.79. The molecule has 0 saturated carbocycles. The van der Waals surface area contributed by atoms with Gasteiger partial charge in [0.25, 0.3) is 0 Å². The highest BCUT2D eigenvalue weighted by Gasteiger charge is 2.39. The third-order valence-corrected chi connectivity index (χ3v) is 5.94. The van der Waals surface area contributed by atoms with Crippen molar-refractivity contribution < 1.29 is 9.59 Å². The molecule has 2 aliphatic heterocycles. The molecule has 138 valence electrons. The van der Waals surface area contributed by atoms with Crippen LogP contribution in [0.25, 0.3) is 0 Å². The Morgan fingerprint density at radius 2 is 2.08 bits per heavy atom. The molecule has 5 nitrogen and oxygen atoms in total. The van der Waals surface area contributed by atoms with Gasteiger partial charge in [0, 0.05) is 36.8 Å². The summed E-state index contributed by atoms with van der Waals surface area (Å²) in [5, 5.41) is 4.02. The molecule has 25 heavy (non-hydrogen) atoms. The standard InChI is InChI=1S/C17H22ClN3O2S.ClH/c1-2-16(22)21-11-24-10-15(21)17(23)20-8-7-19-9-14(20)12-5-3-4-6-13(12)18;/h3-6,14-15,19H,2,7-11H2,1H3;1H. The van der Waals surface area contributed by atoms with Crippen molar-refractivity contribution in [3.05, 3.63) is 34.9 Å². The van der Waals surface area contributed by atoms with Crippen LogP contribution in [0, 0.1) is 0 Å². The van der Waals surface area contributed by atoms with Gasteiger partial charge in [-0.15, -0.1) is 24.2 Å². The van der Waals surface area contributed by atoms with E-state index in [2.05, 4.69) is 5.32 Å². The van der Waals surface area contributed by atoms with Crippen molar-refractivity contribution in [2.45, 2.75) is 25.4 Å². The van der Waals surface area contributed by atoms with Crippen LogP contribution in [0.1, 0.15) is 24.9 Å². The molecule has 2 heterocycles. The summed E-state index contributed by atoms with van der Waals surface area (Å²) in [4.78, 5) is 28.9. The van der Waals surface area contributed by atoms with Crippen molar-refractivity contribution in [2.75, 3.05) is 31.3 Å². The SMILES string of the molecule is CCC(=O)N1CSCC1C(=O)N1CCNCC1c1ccccc1Cl.Cl. The molecule has 0 aromatic heterocycles. The lowest BCUT2D eigenvalue weighted by molar-refractivity contribution is -0.145. The van der Waals surface area contributed by atoms with Crippen molar-refractivity contribution in [3.8, 4) is 0 Å². The summed E-state index contributed by atoms with van der Waals surface area (Å²) in [6.45, 7) is 3.90. The lowest BCUT2D eigenvalue weighted by Crippen LogP contribution is -2.55. The molecule has 2 aliphatic rings. The average molecular weight is 404 g/mol. The van der Waals surface area contributed by atoms with Crippen molar-refractivity contribution in [2.24, 2.45) is 0 Å². The molecular formula is C17H23Cl2N3O2S. The Morgan fingerprint density at radius 3 is 2.80 bits per heavy atom. The first kappa shape index (κ1) is 20.4. The summed E-state index contributed by atoms with van der Waals surface area (Å²) in [7, 11) is 0. The molecule has 2 amide bonds. The van der Waals surface area contributed by atoms with E-state index in [1.165, 1.54) is 0 Å². The normalized spacial score (nSPS) is 23.3. The highest BCUT2D eigenvalue weighted by Crippen LogP contribution is 2.31. The quantitative estimate of drug-likeness (QED) is 0.842. The van der Waals surface area contributed by atoms with E-state index in [4.69, 9.17) is 11.6 Å². The zero-order chi connectivity index (χ0) is 17.1. The number of thioether (sulfide) groups is 1. The van der Waals surface area contributed by atoms with Gasteiger partial charge in [-0.2, -0.15) is 0 Å². The Balaban J connectivity index is 0.00000225. The summed E-state index contributed by atoms with van der Waals surface area (Å²) < 4.78 is 0. The smallest absolute Gasteiger partial charge is 0.246 e. The van der Waals surface area contributed by atoms with Gasteiger partial charge in [-0.05, 0) is 11.6 Å². The van der Waals surface area contributed by atoms with Gasteiger partial charge < -0.3 is 15.1 Å². The van der Waals surface area contributed by atoms with Gasteiger partial charge in [0.05, 0.1) is 11.9 Å². The minimum atomic E-state index is -0.356. The molecule has 8 heteroatoms. The monoisotopic (exact) mass is 403 g/mol. The van der Waals surface area contributed by atoms with Crippen LogP contribution in [0.2, 0.25) is 5.02 Å². The Bertz CT molecular complexity index is 632. The number of nitrogens with one attached hydrogen (secondary N) is 1. The van der Waals surface area contributed by atoms with E-state index in [0.29, 0.717) is 36.2 Å². The predicted molar refractivity (Wildman–Crippen MR) is 104 cm³/mol. The zero-order valence-electron chi connectivity index (χ0n) is 14.1. The minimum Gasteiger partial charge on any atom is -0.331 e. The third-order valence-electron chi connectivity index (χ3n) is 4.58. The van der Waals surface area contributed by atoms with Crippen LogP contribution in [0.4, 0.5) is 0 Å². The van der Waals surface area contributed by atoms with Crippen molar-refractivity contribution in [1.29, 1.82) is 0 Å². The van der Waals surface area contributed by atoms with Crippen molar-refractivity contribution in [3.63, 3.8) is 0 Å². The van der Waals surface area contributed by atoms with Crippen LogP contribution in [0.5, 0.6) is 0 Å². The summed E-state index contributed by atoms with van der Waals surface area (Å²) in [6.07, 6.45) is 0.430. The number of rotatable bonds is 3. The van der Waals surface area contributed by atoms with Crippen LogP contribution >= 0.6 is 35.8 Å². The number of piperazine rings is 1. The number of benzene rings is 1. The van der Waals surface area contributed by atoms with Crippen LogP contribution in [-0.4, -0.2) is 58.9 Å². The fraction of sp³-hybridized carbons (Fsp3) is 0.529. The molecule has 1 N–H and O–H groups in total. The number of halogens is 2. The fourth-order valence-electron chi connectivity index (χ4n) is 3.28. The molecule has 2 saturated heterocycles. The molecule has 1 aromatic rings. The molecule has 2 unspecified atom stereocenters. The van der Waals surface area contributed by atoms with Crippen LogP contribution in [-0.2, 0) is 9.59 Å². The average Bonchev–Trinajstić information content (AvgIpc) is 3.10. The second-order valence-corrected chi connectivity index (χ2v) is 7.41. The Hall–Kier alpha value is -0.950. The van der Waals surface area contributed by atoms with Gasteiger partial charge in [-0.3, -0.25) is 9.59 Å². The fourth-order valence-corrected chi connectivity index (χ4v) is 4.71. The molecule has 0 spiro atoms. The maximum Gasteiger partial charge on any atom is 0.246 e. The van der Waals surface area contributed by atoms with Crippen LogP contribution in [0.15, 0.2) is 24.3 Å². The number of nitrogens with zero attached hydrogens (tertiary/aromatic N) is 2. The first-order valence-electron chi connectivity index (χ1n) is 8.26. The van der Waals surface area contributed by atoms with E-state index in [9.17, 15) is 9.59 Å². The minimum absolute atomic E-state index is 0. The van der Waals surface area contributed by atoms with Crippen molar-refractivity contribution >= 4 is 47.6 Å². The summed E-state index contributed by atoms with van der Waals surface area (Å²) in [5.41, 5.74) is 0.957. The van der Waals surface area contributed by atoms with Gasteiger partial charge in [0.2, 0.25) is 11.8 Å². The van der Waals surface area contributed by atoms with E-state index in [1.807, 2.05) is 36.1 Å². The summed E-state index contributed by atoms with van der Waals surface area (Å²) in [5.74, 6) is 1.35. The maximum atomic E-state index is 13.2. The number of hydrogen-bond donors (Lipinski definition) is 1. The van der Waals surface area contributed by atoms with Gasteiger partial charge in [0.1, 0.15) is 6.04 Å². The van der Waals surface area contributed by atoms with Gasteiger partial charge in [-0.25, -0.2) is 0 Å². The second-order valence-electron chi connectivity index (χ2n) is 6.01. The largest absolute Gasteiger partial charge is 0.331 e. The number of hydrogen-bond acceptors (Lipinski definition) is 4. The molecule has 1 aromatic carbocycles. The topological polar surface area (TPSA) is 52.7 Å². The van der Waals surface area contributed by atoms with E-state index in [0.717, 1.165) is 12.1 Å². The number of carbonyl (C=O) groups is 2. The van der Waals surface area contributed by atoms with Gasteiger partial charge in [0.15, 0.2) is 0 Å². The summed E-state index contributed by atoms with van der Waals surface area (Å²) in [6, 6.07) is 7.21. The lowest BCUT2D eigenvalue weighted by atomic mass is 10.0. The maximum absolute atomic E-state index is 13.2. The molecule has 2 atom stereocenters. The zero-order valence-corrected chi connectivity index (χ0v) is 16.5. The predicted octanol–water partition coefficient (Wildman–Crippen LogP) is 2.55. The van der Waals surface area contributed by atoms with Gasteiger partial charge >= 0.3 is 0 Å². The Labute approximate surface area is 163 Å². The highest BCUT2D eigenvalue weighted by molar-refractivity contribution is 7.99. The van der Waals surface area contributed by atoms with E-state index in [-0.39, 0.29) is 36.3 Å². The molecular weight excluding hydrogens is 381 g/mol. The van der Waals surface area contributed by atoms with E-state index >= 15 is 0 Å². The molecule has 3 rings (SSSR count). The molecule has 0 aliphatic carbocycles. The van der Waals surface area contributed by atoms with E-state index < -0.39 is 0 Å². The number of carbonyl (C=O) groups excluding carboxylic acids is 2. The van der Waals surface area contributed by atoms with Gasteiger partial charge in [-0.1, -0.05) is 36.7 Å². The van der Waals surface area contributed by atoms with Crippen LogP contribution < -0.4 is 5.32 Å². The van der Waals surface area contributed by atoms with E-state index in [1.54, 1.807) is 16.7 Å². The lowest BCUT2D eigenvalue weighted by Gasteiger charge is -2.39. The van der Waals surface area contributed by atoms with Crippen LogP contribution in [0.3, 0.4) is 0 Å². The summed E-state index contributed by atoms with van der Waals surface area (Å²) >= 11 is 8.00. The highest BCUT2D eigenvalue weighted by atomic mass is 35.5. The molecule has 0 radical (unpaired) electrons. The second kappa shape index (κ2) is 9.12. The first-order chi connectivity index (χ1) is 11.6. The molecule has 2 fully saturated rings. The number of amides is 2. The third kappa shape index (κ3) is 4.25. The Kier molecular flexibility index (Phi) is 7.43. The Morgan fingerprint density at radius 1 is 1.32 bits per heavy atom. The molecule has 0 bridgehead atoms. The van der Waals surface area contributed by atoms with Crippen molar-refractivity contribution in [1.82, 2.24) is 15.1 Å².